The normalized spacial score (nSPS) is 11.0. The summed E-state index contributed by atoms with van der Waals surface area (Å²) in [5.41, 5.74) is 1.20. The fourth-order valence-electron chi connectivity index (χ4n) is 1.88. The summed E-state index contributed by atoms with van der Waals surface area (Å²) >= 11 is 0. The van der Waals surface area contributed by atoms with Crippen LogP contribution in [0.4, 0.5) is 0 Å². The minimum absolute atomic E-state index is 0.0616. The average molecular weight is 322 g/mol. The summed E-state index contributed by atoms with van der Waals surface area (Å²) in [5, 5.41) is 0. The van der Waals surface area contributed by atoms with Gasteiger partial charge in [-0.25, -0.2) is 13.1 Å². The van der Waals surface area contributed by atoms with Gasteiger partial charge in [0.15, 0.2) is 0 Å². The highest BCUT2D eigenvalue weighted by atomic mass is 32.2. The number of hydrogen-bond acceptors (Lipinski definition) is 3. The number of amides is 1. The first kappa shape index (κ1) is 18.1. The molecule has 0 aromatic heterocycles. The van der Waals surface area contributed by atoms with Gasteiger partial charge in [-0.15, -0.1) is 6.58 Å². The van der Waals surface area contributed by atoms with E-state index in [0.717, 1.165) is 5.57 Å². The summed E-state index contributed by atoms with van der Waals surface area (Å²) in [6.45, 7) is 12.1. The molecule has 6 heteroatoms. The van der Waals surface area contributed by atoms with E-state index >= 15 is 0 Å². The summed E-state index contributed by atoms with van der Waals surface area (Å²) in [7, 11) is -3.64. The molecule has 1 aromatic rings. The van der Waals surface area contributed by atoms with Gasteiger partial charge >= 0.3 is 0 Å². The van der Waals surface area contributed by atoms with E-state index in [1.54, 1.807) is 17.0 Å². The highest BCUT2D eigenvalue weighted by Crippen LogP contribution is 2.14. The second-order valence-electron chi connectivity index (χ2n) is 4.94. The van der Waals surface area contributed by atoms with Crippen molar-refractivity contribution in [1.29, 1.82) is 0 Å². The van der Waals surface area contributed by atoms with Crippen LogP contribution >= 0.6 is 0 Å². The Morgan fingerprint density at radius 1 is 1.41 bits per heavy atom. The molecular formula is C16H22N2O3S. The van der Waals surface area contributed by atoms with Crippen LogP contribution in [0.1, 0.15) is 24.2 Å². The van der Waals surface area contributed by atoms with Crippen molar-refractivity contribution in [3.8, 4) is 0 Å². The molecule has 0 heterocycles. The molecule has 5 nitrogen and oxygen atoms in total. The van der Waals surface area contributed by atoms with Crippen LogP contribution in [0, 0.1) is 0 Å². The topological polar surface area (TPSA) is 66.5 Å². The van der Waals surface area contributed by atoms with Crippen molar-refractivity contribution >= 4 is 15.9 Å². The van der Waals surface area contributed by atoms with Gasteiger partial charge < -0.3 is 4.90 Å². The van der Waals surface area contributed by atoms with Crippen molar-refractivity contribution in [2.45, 2.75) is 18.7 Å². The Labute approximate surface area is 132 Å². The molecule has 0 aliphatic carbocycles. The average Bonchev–Trinajstić information content (AvgIpc) is 2.50. The van der Waals surface area contributed by atoms with Crippen molar-refractivity contribution in [3.05, 3.63) is 54.6 Å². The number of nitrogens with zero attached hydrogens (tertiary/aromatic N) is 1. The molecule has 0 spiro atoms. The number of nitrogens with one attached hydrogen (secondary N) is 1. The van der Waals surface area contributed by atoms with Gasteiger partial charge in [0.1, 0.15) is 0 Å². The van der Waals surface area contributed by atoms with Crippen molar-refractivity contribution < 1.29 is 13.2 Å². The molecule has 1 aromatic carbocycles. The zero-order valence-electron chi connectivity index (χ0n) is 13.0. The standard InChI is InChI=1S/C16H22N2O3S/c1-5-10-17-22(20,21)15-9-7-8-14(11-15)16(19)18(6-2)12-13(3)4/h5,7-9,11,17H,1,3,6,10,12H2,2,4H3. The Morgan fingerprint density at radius 3 is 2.64 bits per heavy atom. The first-order valence-electron chi connectivity index (χ1n) is 6.96. The fraction of sp³-hybridized carbons (Fsp3) is 0.312. The molecule has 0 saturated carbocycles. The van der Waals surface area contributed by atoms with E-state index in [4.69, 9.17) is 0 Å². The molecule has 0 saturated heterocycles. The van der Waals surface area contributed by atoms with Gasteiger partial charge in [0, 0.05) is 25.2 Å². The molecule has 0 atom stereocenters. The predicted molar refractivity (Wildman–Crippen MR) is 88.2 cm³/mol. The van der Waals surface area contributed by atoms with Gasteiger partial charge in [0.2, 0.25) is 10.0 Å². The molecule has 0 unspecified atom stereocenters. The van der Waals surface area contributed by atoms with Gasteiger partial charge in [0.05, 0.1) is 4.90 Å². The molecule has 22 heavy (non-hydrogen) atoms. The Morgan fingerprint density at radius 2 is 2.09 bits per heavy atom. The zero-order chi connectivity index (χ0) is 16.8. The van der Waals surface area contributed by atoms with Crippen LogP contribution in [0.3, 0.4) is 0 Å². The maximum absolute atomic E-state index is 12.5. The zero-order valence-corrected chi connectivity index (χ0v) is 13.8. The Balaban J connectivity index is 3.07. The highest BCUT2D eigenvalue weighted by molar-refractivity contribution is 7.89. The maximum Gasteiger partial charge on any atom is 0.254 e. The molecule has 0 fully saturated rings. The van der Waals surface area contributed by atoms with Gasteiger partial charge in [-0.3, -0.25) is 4.79 Å². The second kappa shape index (κ2) is 7.91. The number of rotatable bonds is 8. The van der Waals surface area contributed by atoms with E-state index in [2.05, 4.69) is 17.9 Å². The molecule has 120 valence electrons. The van der Waals surface area contributed by atoms with Crippen LogP contribution in [-0.4, -0.2) is 38.9 Å². The summed E-state index contributed by atoms with van der Waals surface area (Å²) < 4.78 is 26.6. The smallest absolute Gasteiger partial charge is 0.254 e. The predicted octanol–water partition coefficient (Wildman–Crippen LogP) is 2.19. The molecule has 0 aliphatic rings. The second-order valence-corrected chi connectivity index (χ2v) is 6.71. The molecular weight excluding hydrogens is 300 g/mol. The number of carbonyl (C=O) groups is 1. The summed E-state index contributed by atoms with van der Waals surface area (Å²) in [6.07, 6.45) is 1.46. The monoisotopic (exact) mass is 322 g/mol. The molecule has 0 radical (unpaired) electrons. The number of carbonyl (C=O) groups excluding carboxylic acids is 1. The largest absolute Gasteiger partial charge is 0.335 e. The van der Waals surface area contributed by atoms with E-state index in [1.165, 1.54) is 18.2 Å². The molecule has 0 bridgehead atoms. The molecule has 0 aliphatic heterocycles. The van der Waals surface area contributed by atoms with Crippen LogP contribution < -0.4 is 4.72 Å². The first-order chi connectivity index (χ1) is 10.3. The molecule has 1 rings (SSSR count). The van der Waals surface area contributed by atoms with Crippen LogP contribution in [0.25, 0.3) is 0 Å². The minimum atomic E-state index is -3.64. The third-order valence-corrected chi connectivity index (χ3v) is 4.36. The highest BCUT2D eigenvalue weighted by Gasteiger charge is 2.18. The third kappa shape index (κ3) is 4.82. The molecule has 1 amide bonds. The van der Waals surface area contributed by atoms with E-state index in [0.29, 0.717) is 18.7 Å². The lowest BCUT2D eigenvalue weighted by atomic mass is 10.2. The third-order valence-electron chi connectivity index (χ3n) is 2.94. The number of likely N-dealkylation sites (N-methyl/N-ethyl adjacent to an activating group) is 1. The van der Waals surface area contributed by atoms with Crippen LogP contribution in [0.2, 0.25) is 0 Å². The summed E-state index contributed by atoms with van der Waals surface area (Å²) in [6, 6.07) is 6.01. The van der Waals surface area contributed by atoms with E-state index in [-0.39, 0.29) is 17.3 Å². The SMILES string of the molecule is C=CCNS(=O)(=O)c1cccc(C(=O)N(CC)CC(=C)C)c1. The first-order valence-corrected chi connectivity index (χ1v) is 8.44. The van der Waals surface area contributed by atoms with E-state index in [9.17, 15) is 13.2 Å². The van der Waals surface area contributed by atoms with E-state index < -0.39 is 10.0 Å². The van der Waals surface area contributed by atoms with Crippen LogP contribution in [-0.2, 0) is 10.0 Å². The maximum atomic E-state index is 12.5. The van der Waals surface area contributed by atoms with Crippen molar-refractivity contribution in [2.75, 3.05) is 19.6 Å². The minimum Gasteiger partial charge on any atom is -0.335 e. The lowest BCUT2D eigenvalue weighted by Crippen LogP contribution is -2.32. The fourth-order valence-corrected chi connectivity index (χ4v) is 2.93. The molecule has 1 N–H and O–H groups in total. The van der Waals surface area contributed by atoms with Crippen molar-refractivity contribution in [2.24, 2.45) is 0 Å². The van der Waals surface area contributed by atoms with Crippen molar-refractivity contribution in [3.63, 3.8) is 0 Å². The lowest BCUT2D eigenvalue weighted by molar-refractivity contribution is 0.0778. The van der Waals surface area contributed by atoms with Crippen LogP contribution in [0.15, 0.2) is 54.0 Å². The van der Waals surface area contributed by atoms with Gasteiger partial charge in [-0.2, -0.15) is 0 Å². The Bertz CT molecular complexity index is 666. The Kier molecular flexibility index (Phi) is 6.52. The Hall–Kier alpha value is -1.92. The van der Waals surface area contributed by atoms with Crippen LogP contribution in [0.5, 0.6) is 0 Å². The van der Waals surface area contributed by atoms with Crippen molar-refractivity contribution in [1.82, 2.24) is 9.62 Å². The van der Waals surface area contributed by atoms with Gasteiger partial charge in [-0.05, 0) is 32.0 Å². The summed E-state index contributed by atoms with van der Waals surface area (Å²) in [4.78, 5) is 14.1. The van der Waals surface area contributed by atoms with Gasteiger partial charge in [-0.1, -0.05) is 24.3 Å². The lowest BCUT2D eigenvalue weighted by Gasteiger charge is -2.21. The number of benzene rings is 1. The summed E-state index contributed by atoms with van der Waals surface area (Å²) in [5.74, 6) is -0.216. The number of hydrogen-bond donors (Lipinski definition) is 1. The van der Waals surface area contributed by atoms with Gasteiger partial charge in [0.25, 0.3) is 5.91 Å². The number of sulfonamides is 1. The quantitative estimate of drug-likeness (QED) is 0.746. The van der Waals surface area contributed by atoms with E-state index in [1.807, 2.05) is 13.8 Å².